The van der Waals surface area contributed by atoms with Crippen molar-refractivity contribution in [3.63, 3.8) is 0 Å². The number of benzene rings is 1. The Bertz CT molecular complexity index is 1110. The van der Waals surface area contributed by atoms with Gasteiger partial charge in [0.25, 0.3) is 0 Å². The highest BCUT2D eigenvalue weighted by Gasteiger charge is 2.32. The van der Waals surface area contributed by atoms with Crippen molar-refractivity contribution in [1.82, 2.24) is 24.6 Å². The van der Waals surface area contributed by atoms with Crippen molar-refractivity contribution in [2.75, 3.05) is 25.3 Å². The first kappa shape index (κ1) is 28.0. The number of hydrogen-bond acceptors (Lipinski definition) is 9. The van der Waals surface area contributed by atoms with E-state index >= 15 is 0 Å². The number of imidazole rings is 1. The molecule has 3 N–H and O–H groups in total. The van der Waals surface area contributed by atoms with Gasteiger partial charge in [-0.2, -0.15) is 0 Å². The summed E-state index contributed by atoms with van der Waals surface area (Å²) >= 11 is 0. The molecular weight excluding hydrogens is 483 g/mol. The summed E-state index contributed by atoms with van der Waals surface area (Å²) in [7, 11) is -3.52. The molecule has 0 radical (unpaired) electrons. The molecule has 0 aliphatic carbocycles. The minimum atomic E-state index is -3.52. The minimum absolute atomic E-state index is 0.161. The van der Waals surface area contributed by atoms with Gasteiger partial charge in [-0.25, -0.2) is 20.0 Å². The highest BCUT2D eigenvalue weighted by molar-refractivity contribution is 7.57. The summed E-state index contributed by atoms with van der Waals surface area (Å²) in [6.07, 6.45) is 3.66. The number of nitrogens with zero attached hydrogens (tertiary/aromatic N) is 4. The first-order valence-electron chi connectivity index (χ1n) is 12.2. The number of fused-ring (bicyclic) bond motifs is 1. The highest BCUT2D eigenvalue weighted by Crippen LogP contribution is 2.44. The number of anilines is 1. The third kappa shape index (κ3) is 7.97. The van der Waals surface area contributed by atoms with Crippen LogP contribution in [0, 0.1) is 0 Å². The summed E-state index contributed by atoms with van der Waals surface area (Å²) in [6.45, 7) is 9.28. The molecule has 0 spiro atoms. The van der Waals surface area contributed by atoms with Crippen LogP contribution in [-0.4, -0.2) is 57.5 Å². The number of para-hydroxylation sites is 1. The van der Waals surface area contributed by atoms with E-state index in [1.54, 1.807) is 18.5 Å². The van der Waals surface area contributed by atoms with E-state index in [4.69, 9.17) is 24.5 Å². The monoisotopic (exact) mass is 520 g/mol. The lowest BCUT2D eigenvalue weighted by molar-refractivity contribution is -0.154. The molecule has 3 atom stereocenters. The smallest absolute Gasteiger partial charge is 0.342 e. The zero-order valence-corrected chi connectivity index (χ0v) is 22.3. The Morgan fingerprint density at radius 3 is 2.39 bits per heavy atom. The van der Waals surface area contributed by atoms with Crippen LogP contribution < -0.4 is 15.3 Å². The van der Waals surface area contributed by atoms with Crippen molar-refractivity contribution in [3.8, 4) is 5.75 Å². The molecule has 11 nitrogen and oxygen atoms in total. The van der Waals surface area contributed by atoms with Crippen molar-refractivity contribution < 1.29 is 23.3 Å². The van der Waals surface area contributed by atoms with Crippen molar-refractivity contribution in [1.29, 1.82) is 0 Å². The van der Waals surface area contributed by atoms with E-state index in [2.05, 4.69) is 20.0 Å². The molecule has 1 aromatic carbocycles. The molecular formula is C24H37N6O5P. The molecule has 198 valence electrons. The molecule has 0 bridgehead atoms. The van der Waals surface area contributed by atoms with E-state index in [0.29, 0.717) is 42.5 Å². The molecule has 0 aliphatic heterocycles. The molecule has 0 saturated heterocycles. The van der Waals surface area contributed by atoms with E-state index in [-0.39, 0.29) is 12.5 Å². The van der Waals surface area contributed by atoms with Gasteiger partial charge in [-0.3, -0.25) is 4.57 Å². The summed E-state index contributed by atoms with van der Waals surface area (Å²) in [5.74, 6) is 0.793. The third-order valence-corrected chi connectivity index (χ3v) is 6.98. The number of nitrogens with one attached hydrogen (secondary N) is 1. The largest absolute Gasteiger partial charge is 0.431 e. The average molecular weight is 521 g/mol. The van der Waals surface area contributed by atoms with E-state index in [1.165, 1.54) is 6.33 Å². The lowest BCUT2D eigenvalue weighted by Crippen LogP contribution is -2.41. The Kier molecular flexibility index (Phi) is 10.6. The number of rotatable bonds is 16. The normalized spacial score (nSPS) is 15.1. The van der Waals surface area contributed by atoms with Crippen LogP contribution in [0.4, 0.5) is 5.82 Å². The second-order valence-corrected chi connectivity index (χ2v) is 10.6. The molecule has 0 saturated carbocycles. The van der Waals surface area contributed by atoms with Crippen LogP contribution in [0.3, 0.4) is 0 Å². The molecule has 2 aromatic heterocycles. The maximum atomic E-state index is 14.0. The van der Waals surface area contributed by atoms with Crippen LogP contribution >= 0.6 is 7.52 Å². The summed E-state index contributed by atoms with van der Waals surface area (Å²) in [5, 5.41) is 3.11. The Morgan fingerprint density at radius 2 is 1.72 bits per heavy atom. The predicted molar refractivity (Wildman–Crippen MR) is 139 cm³/mol. The standard InChI is InChI=1S/C24H37N6O5P/c1-5-12-32-24(33-13-6-2)19(4)29-36(31,35-20-10-8-7-9-11-20)17-34-18(3)14-30-16-28-21-22(25)26-15-27-23(21)30/h7-11,15-16,18-19,24H,5-6,12-14,17H2,1-4H3,(H,29,31)(H2,25,26,27)/t18-,19+,36?/m1/s1. The van der Waals surface area contributed by atoms with Gasteiger partial charge in [0.05, 0.1) is 25.0 Å². The molecule has 36 heavy (non-hydrogen) atoms. The molecule has 0 amide bonds. The minimum Gasteiger partial charge on any atom is -0.431 e. The van der Waals surface area contributed by atoms with Crippen LogP contribution in [-0.2, 0) is 25.3 Å². The molecule has 3 aromatic rings. The lowest BCUT2D eigenvalue weighted by atomic mass is 10.3. The predicted octanol–water partition coefficient (Wildman–Crippen LogP) is 4.20. The fourth-order valence-electron chi connectivity index (χ4n) is 3.50. The number of hydrogen-bond donors (Lipinski definition) is 2. The first-order valence-corrected chi connectivity index (χ1v) is 14.0. The zero-order valence-electron chi connectivity index (χ0n) is 21.4. The summed E-state index contributed by atoms with van der Waals surface area (Å²) < 4.78 is 39.5. The van der Waals surface area contributed by atoms with Crippen molar-refractivity contribution in [3.05, 3.63) is 43.0 Å². The van der Waals surface area contributed by atoms with E-state index in [0.717, 1.165) is 12.8 Å². The SMILES string of the molecule is CCCOC(OCCC)[C@H](C)NP(=O)(CO[C@H](C)Cn1cnc2c(N)ncnc21)Oc1ccccc1. The number of ether oxygens (including phenoxy) is 3. The average Bonchev–Trinajstić information content (AvgIpc) is 3.27. The zero-order chi connectivity index (χ0) is 26.0. The Hall–Kier alpha value is -2.56. The van der Waals surface area contributed by atoms with Crippen LogP contribution in [0.5, 0.6) is 5.75 Å². The van der Waals surface area contributed by atoms with E-state index < -0.39 is 19.9 Å². The van der Waals surface area contributed by atoms with E-state index in [1.807, 2.05) is 50.5 Å². The molecule has 1 unspecified atom stereocenters. The number of nitrogens with two attached hydrogens (primary N) is 1. The molecule has 0 aliphatic rings. The lowest BCUT2D eigenvalue weighted by Gasteiger charge is -2.30. The van der Waals surface area contributed by atoms with Crippen LogP contribution in [0.1, 0.15) is 40.5 Å². The summed E-state index contributed by atoms with van der Waals surface area (Å²) in [4.78, 5) is 12.5. The van der Waals surface area contributed by atoms with Gasteiger partial charge in [0.15, 0.2) is 17.8 Å². The summed E-state index contributed by atoms with van der Waals surface area (Å²) in [5.41, 5.74) is 7.02. The Labute approximate surface area is 212 Å². The van der Waals surface area contributed by atoms with Gasteiger partial charge in [-0.15, -0.1) is 0 Å². The summed E-state index contributed by atoms with van der Waals surface area (Å²) in [6, 6.07) is 8.61. The quantitative estimate of drug-likeness (QED) is 0.209. The Balaban J connectivity index is 1.70. The van der Waals surface area contributed by atoms with Crippen LogP contribution in [0.25, 0.3) is 11.2 Å². The number of aromatic nitrogens is 4. The van der Waals surface area contributed by atoms with Gasteiger partial charge in [0.2, 0.25) is 0 Å². The van der Waals surface area contributed by atoms with E-state index in [9.17, 15) is 4.57 Å². The van der Waals surface area contributed by atoms with Crippen molar-refractivity contribution >= 4 is 24.5 Å². The fraction of sp³-hybridized carbons (Fsp3) is 0.542. The topological polar surface area (TPSA) is 136 Å². The second-order valence-electron chi connectivity index (χ2n) is 8.54. The molecule has 0 fully saturated rings. The van der Waals surface area contributed by atoms with Gasteiger partial charge in [0.1, 0.15) is 23.9 Å². The van der Waals surface area contributed by atoms with Crippen LogP contribution in [0.15, 0.2) is 43.0 Å². The van der Waals surface area contributed by atoms with Gasteiger partial charge < -0.3 is 29.0 Å². The van der Waals surface area contributed by atoms with Gasteiger partial charge >= 0.3 is 7.52 Å². The third-order valence-electron chi connectivity index (χ3n) is 5.19. The van der Waals surface area contributed by atoms with Crippen molar-refractivity contribution in [2.24, 2.45) is 0 Å². The molecule has 2 heterocycles. The second kappa shape index (κ2) is 13.7. The fourth-order valence-corrected chi connectivity index (χ4v) is 5.34. The van der Waals surface area contributed by atoms with Crippen LogP contribution in [0.2, 0.25) is 0 Å². The first-order chi connectivity index (χ1) is 17.3. The molecule has 12 heteroatoms. The van der Waals surface area contributed by atoms with Gasteiger partial charge in [-0.05, 0) is 38.8 Å². The maximum absolute atomic E-state index is 14.0. The molecule has 3 rings (SSSR count). The maximum Gasteiger partial charge on any atom is 0.342 e. The highest BCUT2D eigenvalue weighted by atomic mass is 31.2. The number of nitrogen functional groups attached to an aromatic ring is 1. The van der Waals surface area contributed by atoms with Gasteiger partial charge in [0, 0.05) is 13.2 Å². The van der Waals surface area contributed by atoms with Crippen molar-refractivity contribution in [2.45, 2.75) is 65.5 Å². The Morgan fingerprint density at radius 1 is 1.03 bits per heavy atom. The van der Waals surface area contributed by atoms with Gasteiger partial charge in [-0.1, -0.05) is 32.0 Å².